The van der Waals surface area contributed by atoms with Crippen molar-refractivity contribution in [3.8, 4) is 56.5 Å². The summed E-state index contributed by atoms with van der Waals surface area (Å²) in [7, 11) is 0. The number of furan rings is 1. The average molecular weight is 1110 g/mol. The lowest BCUT2D eigenvalue weighted by Crippen LogP contribution is -2.60. The lowest BCUT2D eigenvalue weighted by Gasteiger charge is -2.42. The maximum atomic E-state index is 7.32. The minimum atomic E-state index is -0.197. The SMILES string of the molecule is CC(C)(C)c1ccc2c(c1)B1c3cc(-c4cc(-n5c6ccccc6c6ccccc65)cc(-n5c6ccccc6c6cc7oc8ccccc8c7cc65)n4)ccc3N(c3c(-c4ccccc4)cccc3-c3ccccc3)c3cc(C(C)(C)C)cc(c31)O2. The Morgan fingerprint density at radius 2 is 0.988 bits per heavy atom. The van der Waals surface area contributed by atoms with Gasteiger partial charge in [0.15, 0.2) is 0 Å². The molecule has 15 aromatic rings. The standard InChI is InChI=1S/C79H59BN4O2/c1-78(2,3)51-37-39-72-63(41-51)80-62-40-50(36-38-68(62)84(70-42-52(79(4,5)6)43-74(86-72)76(70)80)77-54(48-22-9-7-10-23-48)30-21-31-55(77)49-24-11-8-12-25-49)64-44-53(82-65-32-17-13-26-56(65)57-27-14-18-33-66(57)82)45-75(81-64)83-67-34-19-15-28-58(67)60-47-73-61(46-69(60)83)59-29-16-20-35-71(59)85-73/h7-47H,1-6H3. The third-order valence-corrected chi connectivity index (χ3v) is 18.3. The van der Waals surface area contributed by atoms with Crippen molar-refractivity contribution >= 4 is 106 Å². The van der Waals surface area contributed by atoms with E-state index in [2.05, 4.69) is 298 Å². The van der Waals surface area contributed by atoms with Crippen molar-refractivity contribution in [1.82, 2.24) is 14.1 Å². The molecule has 4 aromatic heterocycles. The molecule has 6 nitrogen and oxygen atoms in total. The molecule has 0 spiro atoms. The molecule has 86 heavy (non-hydrogen) atoms. The average Bonchev–Trinajstić information content (AvgIpc) is 2.12. The van der Waals surface area contributed by atoms with Crippen molar-refractivity contribution in [3.63, 3.8) is 0 Å². The Hall–Kier alpha value is -10.4. The number of hydrogen-bond acceptors (Lipinski definition) is 4. The molecule has 17 rings (SSSR count). The third kappa shape index (κ3) is 7.63. The first-order chi connectivity index (χ1) is 41.9. The summed E-state index contributed by atoms with van der Waals surface area (Å²) in [5, 5.41) is 6.79. The van der Waals surface area contributed by atoms with Crippen LogP contribution in [0.15, 0.2) is 253 Å². The predicted molar refractivity (Wildman–Crippen MR) is 360 cm³/mol. The van der Waals surface area contributed by atoms with Gasteiger partial charge in [0.2, 0.25) is 0 Å². The maximum Gasteiger partial charge on any atom is 0.256 e. The van der Waals surface area contributed by atoms with Crippen molar-refractivity contribution in [2.45, 2.75) is 52.4 Å². The second-order valence-electron chi connectivity index (χ2n) is 25.5. The van der Waals surface area contributed by atoms with Crippen molar-refractivity contribution in [2.24, 2.45) is 0 Å². The van der Waals surface area contributed by atoms with Crippen molar-refractivity contribution in [2.75, 3.05) is 4.90 Å². The predicted octanol–water partition coefficient (Wildman–Crippen LogP) is 19.2. The van der Waals surface area contributed by atoms with Gasteiger partial charge >= 0.3 is 0 Å². The van der Waals surface area contributed by atoms with Gasteiger partial charge in [-0.1, -0.05) is 217 Å². The fourth-order valence-corrected chi connectivity index (χ4v) is 14.1. The van der Waals surface area contributed by atoms with Gasteiger partial charge in [-0.15, -0.1) is 0 Å². The molecule has 0 radical (unpaired) electrons. The number of aromatic nitrogens is 3. The zero-order valence-electron chi connectivity index (χ0n) is 48.9. The van der Waals surface area contributed by atoms with Gasteiger partial charge in [-0.05, 0) is 122 Å². The molecule has 0 N–H and O–H groups in total. The van der Waals surface area contributed by atoms with E-state index in [-0.39, 0.29) is 17.5 Å². The number of nitrogens with zero attached hydrogens (tertiary/aromatic N) is 4. The Kier molecular flexibility index (Phi) is 10.8. The largest absolute Gasteiger partial charge is 0.458 e. The molecular weight excluding hydrogens is 1050 g/mol. The van der Waals surface area contributed by atoms with Crippen molar-refractivity contribution in [3.05, 3.63) is 260 Å². The van der Waals surface area contributed by atoms with E-state index in [1.165, 1.54) is 27.4 Å². The molecular formula is C79H59BN4O2. The smallest absolute Gasteiger partial charge is 0.256 e. The van der Waals surface area contributed by atoms with Crippen LogP contribution in [-0.2, 0) is 10.8 Å². The van der Waals surface area contributed by atoms with Crippen LogP contribution in [0, 0.1) is 0 Å². The van der Waals surface area contributed by atoms with E-state index in [1.807, 2.05) is 6.07 Å². The Balaban J connectivity index is 0.984. The Labute approximate surface area is 499 Å². The molecule has 0 aliphatic carbocycles. The lowest BCUT2D eigenvalue weighted by molar-refractivity contribution is 0.482. The van der Waals surface area contributed by atoms with Crippen LogP contribution >= 0.6 is 0 Å². The number of anilines is 3. The molecule has 410 valence electrons. The summed E-state index contributed by atoms with van der Waals surface area (Å²) in [5.74, 6) is 2.58. The highest BCUT2D eigenvalue weighted by Gasteiger charge is 2.44. The van der Waals surface area contributed by atoms with Crippen LogP contribution < -0.4 is 26.0 Å². The summed E-state index contributed by atoms with van der Waals surface area (Å²) >= 11 is 0. The van der Waals surface area contributed by atoms with E-state index < -0.39 is 0 Å². The maximum absolute atomic E-state index is 7.32. The van der Waals surface area contributed by atoms with E-state index in [0.717, 1.165) is 139 Å². The monoisotopic (exact) mass is 1110 g/mol. The number of pyridine rings is 1. The summed E-state index contributed by atoms with van der Waals surface area (Å²) in [5.41, 5.74) is 22.5. The molecule has 0 fully saturated rings. The van der Waals surface area contributed by atoms with Gasteiger partial charge in [0.1, 0.15) is 28.5 Å². The zero-order valence-corrected chi connectivity index (χ0v) is 48.9. The van der Waals surface area contributed by atoms with Crippen LogP contribution in [0.25, 0.3) is 111 Å². The number of ether oxygens (including phenoxy) is 1. The number of rotatable bonds is 6. The van der Waals surface area contributed by atoms with E-state index >= 15 is 0 Å². The second-order valence-corrected chi connectivity index (χ2v) is 25.5. The summed E-state index contributed by atoms with van der Waals surface area (Å²) in [6.07, 6.45) is 0. The molecule has 0 saturated carbocycles. The molecule has 2 aliphatic rings. The highest BCUT2D eigenvalue weighted by atomic mass is 16.5. The molecule has 0 bridgehead atoms. The van der Waals surface area contributed by atoms with Gasteiger partial charge in [0.25, 0.3) is 6.71 Å². The number of fused-ring (bicyclic) bond motifs is 13. The molecule has 2 aliphatic heterocycles. The van der Waals surface area contributed by atoms with Crippen LogP contribution in [0.2, 0.25) is 0 Å². The number of para-hydroxylation sites is 5. The first kappa shape index (κ1) is 50.2. The first-order valence-corrected chi connectivity index (χ1v) is 30.0. The highest BCUT2D eigenvalue weighted by Crippen LogP contribution is 2.51. The minimum absolute atomic E-state index is 0.115. The van der Waals surface area contributed by atoms with Gasteiger partial charge in [-0.25, -0.2) is 4.98 Å². The zero-order chi connectivity index (χ0) is 57.7. The Morgan fingerprint density at radius 3 is 1.65 bits per heavy atom. The second kappa shape index (κ2) is 18.6. The fourth-order valence-electron chi connectivity index (χ4n) is 14.1. The normalized spacial score (nSPS) is 13.0. The van der Waals surface area contributed by atoms with Crippen LogP contribution in [0.4, 0.5) is 17.1 Å². The van der Waals surface area contributed by atoms with E-state index in [1.54, 1.807) is 0 Å². The summed E-state index contributed by atoms with van der Waals surface area (Å²) in [6.45, 7) is 13.6. The van der Waals surface area contributed by atoms with Crippen LogP contribution in [0.5, 0.6) is 11.5 Å². The van der Waals surface area contributed by atoms with Gasteiger partial charge < -0.3 is 18.6 Å². The summed E-state index contributed by atoms with van der Waals surface area (Å²) < 4.78 is 18.7. The molecule has 6 heterocycles. The quantitative estimate of drug-likeness (QED) is 0.156. The molecule has 0 atom stereocenters. The third-order valence-electron chi connectivity index (χ3n) is 18.3. The first-order valence-electron chi connectivity index (χ1n) is 30.0. The summed E-state index contributed by atoms with van der Waals surface area (Å²) in [6, 6.07) is 91.1. The lowest BCUT2D eigenvalue weighted by atomic mass is 9.33. The van der Waals surface area contributed by atoms with Gasteiger partial charge in [0, 0.05) is 60.9 Å². The summed E-state index contributed by atoms with van der Waals surface area (Å²) in [4.78, 5) is 8.50. The number of benzene rings is 11. The van der Waals surface area contributed by atoms with Gasteiger partial charge in [0.05, 0.1) is 39.1 Å². The fraction of sp³-hybridized carbons (Fsp3) is 0.101. The van der Waals surface area contributed by atoms with E-state index in [0.29, 0.717) is 0 Å². The van der Waals surface area contributed by atoms with Gasteiger partial charge in [-0.2, -0.15) is 0 Å². The van der Waals surface area contributed by atoms with Crippen LogP contribution in [0.1, 0.15) is 52.7 Å². The highest BCUT2D eigenvalue weighted by molar-refractivity contribution is 6.99. The number of hydrogen-bond donors (Lipinski definition) is 0. The van der Waals surface area contributed by atoms with Crippen molar-refractivity contribution < 1.29 is 9.15 Å². The van der Waals surface area contributed by atoms with Gasteiger partial charge in [-0.3, -0.25) is 4.57 Å². The molecule has 0 unspecified atom stereocenters. The van der Waals surface area contributed by atoms with E-state index in [9.17, 15) is 0 Å². The molecule has 7 heteroatoms. The molecule has 11 aromatic carbocycles. The van der Waals surface area contributed by atoms with Crippen LogP contribution in [0.3, 0.4) is 0 Å². The van der Waals surface area contributed by atoms with E-state index in [4.69, 9.17) is 14.1 Å². The molecule has 0 amide bonds. The molecule has 0 saturated heterocycles. The topological polar surface area (TPSA) is 48.4 Å². The minimum Gasteiger partial charge on any atom is -0.458 e. The van der Waals surface area contributed by atoms with Crippen molar-refractivity contribution in [1.29, 1.82) is 0 Å². The Morgan fingerprint density at radius 1 is 0.384 bits per heavy atom. The Bertz CT molecular complexity index is 5200. The van der Waals surface area contributed by atoms with Crippen LogP contribution in [-0.4, -0.2) is 20.8 Å².